The highest BCUT2D eigenvalue weighted by Crippen LogP contribution is 2.41. The Balaban J connectivity index is 3.30. The molecule has 0 aliphatic carbocycles. The first-order valence-corrected chi connectivity index (χ1v) is 6.09. The molecule has 0 unspecified atom stereocenters. The first-order chi connectivity index (χ1) is 7.74. The molecule has 3 heteroatoms. The van der Waals surface area contributed by atoms with Gasteiger partial charge in [0.25, 0.3) is 0 Å². The maximum Gasteiger partial charge on any atom is 0.179 e. The van der Waals surface area contributed by atoms with E-state index >= 15 is 0 Å². The van der Waals surface area contributed by atoms with Crippen LogP contribution < -0.4 is 4.94 Å². The second kappa shape index (κ2) is 4.73. The summed E-state index contributed by atoms with van der Waals surface area (Å²) < 4.78 is 12.3. The first kappa shape index (κ1) is 14.1. The predicted molar refractivity (Wildman–Crippen MR) is 73.4 cm³/mol. The standard InChI is InChI=1S/C14H19FOS/c1-13(2,3)14(4,5)11-6-7-12(16-15)10(8-11)9-17/h6-9H,1-5H3. The molecule has 0 aliphatic rings. The smallest absolute Gasteiger partial charge is 0.179 e. The van der Waals surface area contributed by atoms with E-state index in [2.05, 4.69) is 39.6 Å². The fourth-order valence-corrected chi connectivity index (χ4v) is 1.72. The van der Waals surface area contributed by atoms with Crippen LogP contribution in [0.15, 0.2) is 18.2 Å². The van der Waals surface area contributed by atoms with Gasteiger partial charge >= 0.3 is 0 Å². The minimum atomic E-state index is -0.0328. The van der Waals surface area contributed by atoms with Crippen LogP contribution in [0.1, 0.15) is 45.7 Å². The van der Waals surface area contributed by atoms with E-state index in [1.165, 1.54) is 5.37 Å². The van der Waals surface area contributed by atoms with Crippen LogP contribution in [0, 0.1) is 5.41 Å². The summed E-state index contributed by atoms with van der Waals surface area (Å²) in [4.78, 5) is 3.79. The van der Waals surface area contributed by atoms with Crippen molar-refractivity contribution >= 4 is 17.6 Å². The van der Waals surface area contributed by atoms with E-state index in [9.17, 15) is 4.53 Å². The first-order valence-electron chi connectivity index (χ1n) is 5.62. The molecule has 0 heterocycles. The summed E-state index contributed by atoms with van der Waals surface area (Å²) in [6.45, 7) is 10.9. The minimum absolute atomic E-state index is 0.0328. The van der Waals surface area contributed by atoms with Gasteiger partial charge in [0.05, 0.1) is 0 Å². The van der Waals surface area contributed by atoms with Gasteiger partial charge in [-0.2, -0.15) is 0 Å². The maximum atomic E-state index is 12.3. The fourth-order valence-electron chi connectivity index (χ4n) is 1.53. The second-order valence-corrected chi connectivity index (χ2v) is 6.06. The third kappa shape index (κ3) is 2.65. The van der Waals surface area contributed by atoms with Gasteiger partial charge < -0.3 is 0 Å². The van der Waals surface area contributed by atoms with Crippen molar-refractivity contribution in [2.75, 3.05) is 0 Å². The molecular weight excluding hydrogens is 235 g/mol. The maximum absolute atomic E-state index is 12.3. The van der Waals surface area contributed by atoms with Crippen molar-refractivity contribution in [3.05, 3.63) is 29.3 Å². The van der Waals surface area contributed by atoms with E-state index in [1.807, 2.05) is 12.1 Å². The van der Waals surface area contributed by atoms with Crippen molar-refractivity contribution in [1.29, 1.82) is 0 Å². The summed E-state index contributed by atoms with van der Waals surface area (Å²) in [5, 5.41) is 1.44. The third-order valence-corrected chi connectivity index (χ3v) is 4.07. The summed E-state index contributed by atoms with van der Waals surface area (Å²) >= 11 is 4.88. The van der Waals surface area contributed by atoms with Crippen LogP contribution in [0.4, 0.5) is 4.53 Å². The molecule has 1 aromatic rings. The Kier molecular flexibility index (Phi) is 3.92. The summed E-state index contributed by atoms with van der Waals surface area (Å²) in [5.74, 6) is 0.174. The van der Waals surface area contributed by atoms with Crippen LogP contribution in [-0.4, -0.2) is 5.37 Å². The van der Waals surface area contributed by atoms with Crippen LogP contribution >= 0.6 is 12.2 Å². The molecule has 0 saturated carbocycles. The Morgan fingerprint density at radius 3 is 2.18 bits per heavy atom. The number of rotatable bonds is 3. The zero-order valence-electron chi connectivity index (χ0n) is 11.0. The highest BCUT2D eigenvalue weighted by molar-refractivity contribution is 7.79. The molecule has 0 aromatic heterocycles. The lowest BCUT2D eigenvalue weighted by Gasteiger charge is -2.39. The molecule has 0 fully saturated rings. The van der Waals surface area contributed by atoms with Crippen molar-refractivity contribution in [2.24, 2.45) is 5.41 Å². The number of hydrogen-bond donors (Lipinski definition) is 0. The van der Waals surface area contributed by atoms with Crippen LogP contribution in [-0.2, 0) is 5.41 Å². The Bertz CT molecular complexity index is 419. The van der Waals surface area contributed by atoms with Crippen molar-refractivity contribution < 1.29 is 9.47 Å². The number of benzene rings is 1. The highest BCUT2D eigenvalue weighted by atomic mass is 32.1. The minimum Gasteiger partial charge on any atom is -0.294 e. The summed E-state index contributed by atoms with van der Waals surface area (Å²) in [6, 6.07) is 5.41. The monoisotopic (exact) mass is 254 g/mol. The van der Waals surface area contributed by atoms with Gasteiger partial charge in [0, 0.05) is 15.5 Å². The third-order valence-electron chi connectivity index (χ3n) is 3.82. The van der Waals surface area contributed by atoms with Gasteiger partial charge in [0.15, 0.2) is 5.75 Å². The predicted octanol–water partition coefficient (Wildman–Crippen LogP) is 4.62. The number of thiocarbonyl (C=S) groups is 1. The molecular formula is C14H19FOS. The molecule has 0 saturated heterocycles. The second-order valence-electron chi connectivity index (χ2n) is 5.82. The average Bonchev–Trinajstić information content (AvgIpc) is 2.26. The van der Waals surface area contributed by atoms with Crippen LogP contribution in [0.25, 0.3) is 0 Å². The lowest BCUT2D eigenvalue weighted by molar-refractivity contribution is -0.00639. The molecule has 1 aromatic carbocycles. The zero-order valence-corrected chi connectivity index (χ0v) is 11.8. The van der Waals surface area contributed by atoms with Gasteiger partial charge in [0.2, 0.25) is 0 Å². The topological polar surface area (TPSA) is 9.23 Å². The molecule has 17 heavy (non-hydrogen) atoms. The van der Waals surface area contributed by atoms with E-state index in [-0.39, 0.29) is 16.6 Å². The lowest BCUT2D eigenvalue weighted by Crippen LogP contribution is -2.34. The SMILES string of the molecule is CC(C)(C)C(C)(C)c1ccc(OF)c(C=S)c1. The zero-order chi connectivity index (χ0) is 13.3. The van der Waals surface area contributed by atoms with E-state index in [4.69, 9.17) is 12.2 Å². The molecule has 0 spiro atoms. The molecule has 0 bridgehead atoms. The van der Waals surface area contributed by atoms with Crippen molar-refractivity contribution in [3.63, 3.8) is 0 Å². The Morgan fingerprint density at radius 2 is 1.76 bits per heavy atom. The summed E-state index contributed by atoms with van der Waals surface area (Å²) in [5.41, 5.74) is 1.80. The normalized spacial score (nSPS) is 12.4. The van der Waals surface area contributed by atoms with Crippen molar-refractivity contribution in [1.82, 2.24) is 0 Å². The molecule has 0 amide bonds. The fraction of sp³-hybridized carbons (Fsp3) is 0.500. The Morgan fingerprint density at radius 1 is 1.18 bits per heavy atom. The molecule has 0 radical (unpaired) electrons. The highest BCUT2D eigenvalue weighted by Gasteiger charge is 2.34. The lowest BCUT2D eigenvalue weighted by atomic mass is 9.65. The van der Waals surface area contributed by atoms with E-state index in [0.29, 0.717) is 5.56 Å². The Labute approximate surface area is 108 Å². The number of hydrogen-bond acceptors (Lipinski definition) is 2. The van der Waals surface area contributed by atoms with E-state index in [1.54, 1.807) is 6.07 Å². The molecule has 94 valence electrons. The van der Waals surface area contributed by atoms with Gasteiger partial charge in [-0.1, -0.05) is 52.9 Å². The van der Waals surface area contributed by atoms with Crippen LogP contribution in [0.2, 0.25) is 0 Å². The average molecular weight is 254 g/mol. The van der Waals surface area contributed by atoms with Gasteiger partial charge in [-0.15, -0.1) is 0 Å². The quantitative estimate of drug-likeness (QED) is 0.728. The van der Waals surface area contributed by atoms with Crippen LogP contribution in [0.5, 0.6) is 5.75 Å². The van der Waals surface area contributed by atoms with Crippen molar-refractivity contribution in [3.8, 4) is 5.75 Å². The molecule has 1 rings (SSSR count). The van der Waals surface area contributed by atoms with Crippen molar-refractivity contribution in [2.45, 2.75) is 40.0 Å². The summed E-state index contributed by atoms with van der Waals surface area (Å²) in [7, 11) is 0. The summed E-state index contributed by atoms with van der Waals surface area (Å²) in [6.07, 6.45) is 0. The van der Waals surface area contributed by atoms with E-state index in [0.717, 1.165) is 5.56 Å². The largest absolute Gasteiger partial charge is 0.294 e. The Hall–Kier alpha value is -0.960. The van der Waals surface area contributed by atoms with Crippen LogP contribution in [0.3, 0.4) is 0 Å². The van der Waals surface area contributed by atoms with Gasteiger partial charge in [-0.3, -0.25) is 4.94 Å². The molecule has 1 nitrogen and oxygen atoms in total. The molecule has 0 atom stereocenters. The number of halogens is 1. The molecule has 0 N–H and O–H groups in total. The van der Waals surface area contributed by atoms with E-state index < -0.39 is 0 Å². The van der Waals surface area contributed by atoms with Gasteiger partial charge in [-0.05, 0) is 28.5 Å². The van der Waals surface area contributed by atoms with Gasteiger partial charge in [0.1, 0.15) is 0 Å². The van der Waals surface area contributed by atoms with Gasteiger partial charge in [-0.25, -0.2) is 0 Å². The molecule has 0 aliphatic heterocycles.